The van der Waals surface area contributed by atoms with Crippen LogP contribution >= 0.6 is 0 Å². The highest BCUT2D eigenvalue weighted by molar-refractivity contribution is 6.07. The summed E-state index contributed by atoms with van der Waals surface area (Å²) >= 11 is 0. The lowest BCUT2D eigenvalue weighted by Crippen LogP contribution is -2.44. The van der Waals surface area contributed by atoms with Crippen molar-refractivity contribution in [2.45, 2.75) is 44.3 Å². The molecule has 0 aliphatic carbocycles. The van der Waals surface area contributed by atoms with Gasteiger partial charge in [0.05, 0.1) is 23.7 Å². The Morgan fingerprint density at radius 3 is 2.55 bits per heavy atom. The molecule has 2 N–H and O–H groups in total. The van der Waals surface area contributed by atoms with Crippen LogP contribution < -0.4 is 10.2 Å². The van der Waals surface area contributed by atoms with Crippen molar-refractivity contribution in [1.82, 2.24) is 15.2 Å². The topological polar surface area (TPSA) is 68.7 Å². The van der Waals surface area contributed by atoms with Crippen LogP contribution in [0.5, 0.6) is 0 Å². The second-order valence-electron chi connectivity index (χ2n) is 9.23. The number of aromatic nitrogens is 1. The number of fused-ring (bicyclic) bond motifs is 1. The van der Waals surface area contributed by atoms with Gasteiger partial charge in [-0.3, -0.25) is 9.69 Å². The quantitative estimate of drug-likeness (QED) is 0.608. The molecule has 2 aliphatic rings. The summed E-state index contributed by atoms with van der Waals surface area (Å²) < 4.78 is 0. The van der Waals surface area contributed by atoms with Gasteiger partial charge < -0.3 is 15.3 Å². The number of carbonyl (C=O) groups is 1. The van der Waals surface area contributed by atoms with Crippen LogP contribution in [0.4, 0.5) is 5.82 Å². The van der Waals surface area contributed by atoms with E-state index in [0.29, 0.717) is 5.56 Å². The molecule has 1 atom stereocenters. The Kier molecular flexibility index (Phi) is 6.55. The van der Waals surface area contributed by atoms with Crippen molar-refractivity contribution in [3.05, 3.63) is 71.8 Å². The maximum atomic E-state index is 13.4. The number of hydrogen-bond acceptors (Lipinski definition) is 5. The smallest absolute Gasteiger partial charge is 0.252 e. The number of para-hydroxylation sites is 1. The zero-order chi connectivity index (χ0) is 22.6. The Labute approximate surface area is 195 Å². The summed E-state index contributed by atoms with van der Waals surface area (Å²) in [5.41, 5.74) is 2.83. The van der Waals surface area contributed by atoms with Crippen molar-refractivity contribution < 1.29 is 9.90 Å². The Balaban J connectivity index is 1.29. The number of rotatable bonds is 6. The summed E-state index contributed by atoms with van der Waals surface area (Å²) in [6.07, 6.45) is 3.89. The molecule has 1 aromatic heterocycles. The number of nitrogens with zero attached hydrogens (tertiary/aromatic N) is 3. The van der Waals surface area contributed by atoms with Gasteiger partial charge in [-0.25, -0.2) is 4.98 Å². The molecule has 3 heterocycles. The average Bonchev–Trinajstić information content (AvgIpc) is 3.34. The Morgan fingerprint density at radius 1 is 1.00 bits per heavy atom. The van der Waals surface area contributed by atoms with Gasteiger partial charge in [0.2, 0.25) is 0 Å². The number of amides is 1. The predicted octanol–water partition coefficient (Wildman–Crippen LogP) is 3.59. The fraction of sp³-hybridized carbons (Fsp3) is 0.407. The monoisotopic (exact) mass is 444 g/mol. The number of carbonyl (C=O) groups excluding carboxylic acids is 1. The summed E-state index contributed by atoms with van der Waals surface area (Å²) in [5.74, 6) is 0.754. The van der Waals surface area contributed by atoms with E-state index in [9.17, 15) is 9.90 Å². The number of piperidine rings is 1. The first-order valence-corrected chi connectivity index (χ1v) is 12.1. The second-order valence-corrected chi connectivity index (χ2v) is 9.23. The molecular weight excluding hydrogens is 412 g/mol. The Hall–Kier alpha value is -2.96. The molecule has 0 radical (unpaired) electrons. The van der Waals surface area contributed by atoms with Crippen molar-refractivity contribution >= 4 is 22.6 Å². The van der Waals surface area contributed by atoms with Gasteiger partial charge in [-0.2, -0.15) is 0 Å². The van der Waals surface area contributed by atoms with Gasteiger partial charge in [0.25, 0.3) is 5.91 Å². The maximum absolute atomic E-state index is 13.4. The molecule has 0 spiro atoms. The standard InChI is InChI=1S/C27H32N4O2/c32-19-22-9-6-14-31(22)26-17-24(23-10-4-5-11-25(23)29-26)27(33)28-21-12-15-30(16-13-21)18-20-7-2-1-3-8-20/h1-5,7-8,10-11,17,21-22,32H,6,9,12-16,18-19H2,(H,28,33). The van der Waals surface area contributed by atoms with Crippen molar-refractivity contribution in [1.29, 1.82) is 0 Å². The third-order valence-electron chi connectivity index (χ3n) is 7.00. The van der Waals surface area contributed by atoms with Crippen LogP contribution in [0.15, 0.2) is 60.7 Å². The van der Waals surface area contributed by atoms with E-state index < -0.39 is 0 Å². The SMILES string of the molecule is O=C(NC1CCN(Cc2ccccc2)CC1)c1cc(N2CCCC2CO)nc2ccccc12. The number of aliphatic hydroxyl groups is 1. The van der Waals surface area contributed by atoms with Gasteiger partial charge in [-0.1, -0.05) is 48.5 Å². The van der Waals surface area contributed by atoms with Gasteiger partial charge in [0.1, 0.15) is 5.82 Å². The van der Waals surface area contributed by atoms with Gasteiger partial charge in [-0.15, -0.1) is 0 Å². The lowest BCUT2D eigenvalue weighted by molar-refractivity contribution is 0.0910. The van der Waals surface area contributed by atoms with Gasteiger partial charge in [0, 0.05) is 37.6 Å². The largest absolute Gasteiger partial charge is 0.394 e. The lowest BCUT2D eigenvalue weighted by Gasteiger charge is -2.32. The molecule has 1 amide bonds. The number of nitrogens with one attached hydrogen (secondary N) is 1. The fourth-order valence-electron chi connectivity index (χ4n) is 5.16. The maximum Gasteiger partial charge on any atom is 0.252 e. The Bertz CT molecular complexity index is 1100. The minimum Gasteiger partial charge on any atom is -0.394 e. The van der Waals surface area contributed by atoms with Crippen molar-refractivity contribution in [3.63, 3.8) is 0 Å². The number of benzene rings is 2. The van der Waals surface area contributed by atoms with E-state index >= 15 is 0 Å². The molecule has 5 rings (SSSR count). The summed E-state index contributed by atoms with van der Waals surface area (Å²) in [7, 11) is 0. The van der Waals surface area contributed by atoms with Crippen LogP contribution in [-0.2, 0) is 6.54 Å². The van der Waals surface area contributed by atoms with Crippen molar-refractivity contribution in [3.8, 4) is 0 Å². The molecule has 0 saturated carbocycles. The Morgan fingerprint density at radius 2 is 1.76 bits per heavy atom. The van der Waals surface area contributed by atoms with Crippen LogP contribution in [0.3, 0.4) is 0 Å². The molecule has 6 nitrogen and oxygen atoms in total. The molecular formula is C27H32N4O2. The third kappa shape index (κ3) is 4.87. The zero-order valence-corrected chi connectivity index (χ0v) is 19.0. The summed E-state index contributed by atoms with van der Waals surface area (Å²) in [6.45, 7) is 3.89. The van der Waals surface area contributed by atoms with Crippen LogP contribution in [-0.4, -0.2) is 59.2 Å². The predicted molar refractivity (Wildman–Crippen MR) is 131 cm³/mol. The molecule has 2 aliphatic heterocycles. The molecule has 1 unspecified atom stereocenters. The fourth-order valence-corrected chi connectivity index (χ4v) is 5.16. The van der Waals surface area contributed by atoms with Gasteiger partial charge >= 0.3 is 0 Å². The molecule has 2 aromatic carbocycles. The van der Waals surface area contributed by atoms with Gasteiger partial charge in [0.15, 0.2) is 0 Å². The number of aliphatic hydroxyl groups excluding tert-OH is 1. The highest BCUT2D eigenvalue weighted by atomic mass is 16.3. The molecule has 3 aromatic rings. The van der Waals surface area contributed by atoms with E-state index in [1.807, 2.05) is 36.4 Å². The van der Waals surface area contributed by atoms with E-state index in [-0.39, 0.29) is 24.6 Å². The van der Waals surface area contributed by atoms with Crippen LogP contribution in [0.2, 0.25) is 0 Å². The van der Waals surface area contributed by atoms with Gasteiger partial charge in [-0.05, 0) is 43.4 Å². The number of anilines is 1. The molecule has 33 heavy (non-hydrogen) atoms. The average molecular weight is 445 g/mol. The minimum atomic E-state index is -0.0314. The normalized spacial score (nSPS) is 19.8. The van der Waals surface area contributed by atoms with E-state index in [1.54, 1.807) is 0 Å². The molecule has 172 valence electrons. The zero-order valence-electron chi connectivity index (χ0n) is 19.0. The van der Waals surface area contributed by atoms with Crippen molar-refractivity contribution in [2.75, 3.05) is 31.1 Å². The first-order valence-electron chi connectivity index (χ1n) is 12.1. The summed E-state index contributed by atoms with van der Waals surface area (Å²) in [6, 6.07) is 20.6. The minimum absolute atomic E-state index is 0.0314. The molecule has 2 fully saturated rings. The highest BCUT2D eigenvalue weighted by Crippen LogP contribution is 2.28. The van der Waals surface area contributed by atoms with Crippen LogP contribution in [0.25, 0.3) is 10.9 Å². The van der Waals surface area contributed by atoms with Crippen LogP contribution in [0.1, 0.15) is 41.6 Å². The molecule has 2 saturated heterocycles. The third-order valence-corrected chi connectivity index (χ3v) is 7.00. The van der Waals surface area contributed by atoms with Crippen molar-refractivity contribution in [2.24, 2.45) is 0 Å². The van der Waals surface area contributed by atoms with E-state index in [2.05, 4.69) is 39.4 Å². The molecule has 6 heteroatoms. The number of likely N-dealkylation sites (tertiary alicyclic amines) is 1. The van der Waals surface area contributed by atoms with E-state index in [4.69, 9.17) is 4.98 Å². The first-order chi connectivity index (χ1) is 16.2. The van der Waals surface area contributed by atoms with Crippen LogP contribution in [0, 0.1) is 0 Å². The van der Waals surface area contributed by atoms with E-state index in [1.165, 1.54) is 5.56 Å². The van der Waals surface area contributed by atoms with E-state index in [0.717, 1.165) is 68.6 Å². The lowest BCUT2D eigenvalue weighted by atomic mass is 10.0. The number of pyridine rings is 1. The molecule has 0 bridgehead atoms. The second kappa shape index (κ2) is 9.89. The first kappa shape index (κ1) is 21.9. The summed E-state index contributed by atoms with van der Waals surface area (Å²) in [5, 5.41) is 13.9. The highest BCUT2D eigenvalue weighted by Gasteiger charge is 2.27. The summed E-state index contributed by atoms with van der Waals surface area (Å²) in [4.78, 5) is 22.8. The number of hydrogen-bond donors (Lipinski definition) is 2.